The number of nitrogens with zero attached hydrogens (tertiary/aromatic N) is 3. The van der Waals surface area contributed by atoms with Gasteiger partial charge < -0.3 is 4.57 Å². The number of benzene rings is 6. The van der Waals surface area contributed by atoms with E-state index in [2.05, 4.69) is 59.2 Å². The maximum atomic E-state index is 15.8. The summed E-state index contributed by atoms with van der Waals surface area (Å²) in [6, 6.07) is 49.1. The van der Waals surface area contributed by atoms with Gasteiger partial charge in [0.05, 0.1) is 27.5 Å². The van der Waals surface area contributed by atoms with Crippen molar-refractivity contribution in [2.24, 2.45) is 0 Å². The van der Waals surface area contributed by atoms with E-state index in [9.17, 15) is 0 Å². The van der Waals surface area contributed by atoms with Crippen molar-refractivity contribution in [3.05, 3.63) is 146 Å². The quantitative estimate of drug-likeness (QED) is 0.203. The Morgan fingerprint density at radius 1 is 0.535 bits per heavy atom. The fourth-order valence-electron chi connectivity index (χ4n) is 6.77. The molecule has 0 saturated heterocycles. The third kappa shape index (κ3) is 3.36. The molecule has 0 fully saturated rings. The van der Waals surface area contributed by atoms with Crippen LogP contribution in [0.4, 0.5) is 0 Å². The van der Waals surface area contributed by atoms with Gasteiger partial charge in [0.25, 0.3) is 0 Å². The molecule has 1 unspecified atom stereocenters. The summed E-state index contributed by atoms with van der Waals surface area (Å²) in [6.07, 6.45) is 0. The average Bonchev–Trinajstić information content (AvgIpc) is 3.55. The van der Waals surface area contributed by atoms with E-state index in [1.54, 1.807) is 0 Å². The number of para-hydroxylation sites is 2. The molecule has 202 valence electrons. The molecule has 6 aromatic carbocycles. The highest BCUT2D eigenvalue weighted by molar-refractivity contribution is 7.86. The van der Waals surface area contributed by atoms with Crippen LogP contribution in [0, 0.1) is 0 Å². The van der Waals surface area contributed by atoms with Crippen molar-refractivity contribution in [1.82, 2.24) is 14.5 Å². The molecule has 2 aromatic heterocycles. The van der Waals surface area contributed by atoms with Gasteiger partial charge in [0.15, 0.2) is 7.14 Å². The first kappa shape index (κ1) is 24.3. The first-order chi connectivity index (χ1) is 21.2. The second-order valence-electron chi connectivity index (χ2n) is 10.9. The van der Waals surface area contributed by atoms with Crippen LogP contribution in [0.25, 0.3) is 61.0 Å². The Morgan fingerprint density at radius 2 is 1.21 bits per heavy atom. The van der Waals surface area contributed by atoms with Crippen LogP contribution in [-0.4, -0.2) is 14.5 Å². The first-order valence-corrected chi connectivity index (χ1v) is 16.1. The molecule has 3 heterocycles. The van der Waals surface area contributed by atoms with Crippen LogP contribution >= 0.6 is 7.14 Å². The smallest absolute Gasteiger partial charge is 0.235 e. The largest absolute Gasteiger partial charge is 0.309 e. The molecule has 0 saturated carbocycles. The van der Waals surface area contributed by atoms with Crippen molar-refractivity contribution in [2.75, 3.05) is 0 Å². The van der Waals surface area contributed by atoms with E-state index in [1.807, 2.05) is 91.0 Å². The Kier molecular flexibility index (Phi) is 5.14. The summed E-state index contributed by atoms with van der Waals surface area (Å²) in [5.41, 5.74) is 6.66. The van der Waals surface area contributed by atoms with Crippen molar-refractivity contribution in [3.8, 4) is 28.3 Å². The summed E-state index contributed by atoms with van der Waals surface area (Å²) >= 11 is 0. The summed E-state index contributed by atoms with van der Waals surface area (Å²) in [7, 11) is -3.24. The molecule has 4 nitrogen and oxygen atoms in total. The van der Waals surface area contributed by atoms with Crippen molar-refractivity contribution in [1.29, 1.82) is 0 Å². The SMILES string of the molecule is O=P1(c2ccccc2)c2ccccc2-c2ccc3c4ccccc4n(-c4nc(-c5ccccc5)c5ccccc5n4)c3c21. The van der Waals surface area contributed by atoms with Gasteiger partial charge in [-0.05, 0) is 23.3 Å². The number of hydrogen-bond donors (Lipinski definition) is 0. The molecule has 0 radical (unpaired) electrons. The molecule has 0 N–H and O–H groups in total. The van der Waals surface area contributed by atoms with Gasteiger partial charge in [-0.15, -0.1) is 0 Å². The van der Waals surface area contributed by atoms with E-state index in [0.29, 0.717) is 5.95 Å². The molecule has 8 aromatic rings. The van der Waals surface area contributed by atoms with Gasteiger partial charge in [-0.1, -0.05) is 133 Å². The minimum atomic E-state index is -3.24. The fourth-order valence-corrected chi connectivity index (χ4v) is 10.0. The summed E-state index contributed by atoms with van der Waals surface area (Å²) in [5.74, 6) is 0.563. The van der Waals surface area contributed by atoms with Crippen molar-refractivity contribution in [3.63, 3.8) is 0 Å². The highest BCUT2D eigenvalue weighted by Crippen LogP contribution is 2.54. The lowest BCUT2D eigenvalue weighted by Crippen LogP contribution is -2.22. The number of hydrogen-bond acceptors (Lipinski definition) is 3. The zero-order valence-electron chi connectivity index (χ0n) is 23.1. The van der Waals surface area contributed by atoms with Crippen molar-refractivity contribution in [2.45, 2.75) is 0 Å². The fraction of sp³-hybridized carbons (Fsp3) is 0. The highest BCUT2D eigenvalue weighted by Gasteiger charge is 2.43. The molecule has 0 amide bonds. The van der Waals surface area contributed by atoms with Crippen molar-refractivity contribution >= 4 is 55.8 Å². The Morgan fingerprint density at radius 3 is 2.05 bits per heavy atom. The predicted octanol–water partition coefficient (Wildman–Crippen LogP) is 8.01. The van der Waals surface area contributed by atoms with Crippen molar-refractivity contribution < 1.29 is 4.57 Å². The monoisotopic (exact) mass is 569 g/mol. The first-order valence-electron chi connectivity index (χ1n) is 14.4. The number of fused-ring (bicyclic) bond motifs is 8. The lowest BCUT2D eigenvalue weighted by molar-refractivity contribution is 0.593. The van der Waals surface area contributed by atoms with Gasteiger partial charge >= 0.3 is 0 Å². The van der Waals surface area contributed by atoms with Crippen LogP contribution in [0.5, 0.6) is 0 Å². The molecule has 0 spiro atoms. The summed E-state index contributed by atoms with van der Waals surface area (Å²) in [4.78, 5) is 10.4. The Hall–Kier alpha value is -5.31. The van der Waals surface area contributed by atoms with E-state index < -0.39 is 7.14 Å². The Balaban J connectivity index is 1.47. The Labute approximate surface area is 248 Å². The van der Waals surface area contributed by atoms with E-state index in [1.165, 1.54) is 0 Å². The van der Waals surface area contributed by atoms with Gasteiger partial charge in [-0.3, -0.25) is 4.57 Å². The molecule has 5 heteroatoms. The van der Waals surface area contributed by atoms with Gasteiger partial charge in [0.1, 0.15) is 0 Å². The summed E-state index contributed by atoms with van der Waals surface area (Å²) in [5, 5.41) is 5.67. The van der Waals surface area contributed by atoms with Crippen LogP contribution in [0.2, 0.25) is 0 Å². The number of aromatic nitrogens is 3. The van der Waals surface area contributed by atoms with Crippen LogP contribution in [0.1, 0.15) is 0 Å². The second kappa shape index (κ2) is 9.09. The molecule has 0 aliphatic carbocycles. The van der Waals surface area contributed by atoms with Crippen LogP contribution in [-0.2, 0) is 4.57 Å². The number of rotatable bonds is 3. The molecule has 1 atom stereocenters. The van der Waals surface area contributed by atoms with Gasteiger partial charge in [0.2, 0.25) is 5.95 Å². The van der Waals surface area contributed by atoms with Gasteiger partial charge in [0, 0.05) is 32.3 Å². The lowest BCUT2D eigenvalue weighted by atomic mass is 10.0. The molecule has 43 heavy (non-hydrogen) atoms. The van der Waals surface area contributed by atoms with Crippen LogP contribution in [0.15, 0.2) is 146 Å². The van der Waals surface area contributed by atoms with E-state index in [4.69, 9.17) is 9.97 Å². The molecular weight excluding hydrogens is 545 g/mol. The predicted molar refractivity (Wildman–Crippen MR) is 178 cm³/mol. The third-order valence-corrected chi connectivity index (χ3v) is 11.8. The second-order valence-corrected chi connectivity index (χ2v) is 13.6. The highest BCUT2D eigenvalue weighted by atomic mass is 31.2. The van der Waals surface area contributed by atoms with Gasteiger partial charge in [-0.2, -0.15) is 0 Å². The standard InChI is InChI=1S/C38H24N3OP/c42-43(26-15-5-2-6-16-26)34-22-12-9-18-28(34)30-24-23-29-27-17-8-11-21-33(27)41(36(29)37(30)43)38-39-32-20-10-7-19-31(32)35(40-38)25-13-3-1-4-14-25/h1-24H. The lowest BCUT2D eigenvalue weighted by Gasteiger charge is -2.18. The molecule has 0 bridgehead atoms. The van der Waals surface area contributed by atoms with E-state index in [-0.39, 0.29) is 0 Å². The topological polar surface area (TPSA) is 47.8 Å². The summed E-state index contributed by atoms with van der Waals surface area (Å²) in [6.45, 7) is 0. The molecule has 1 aliphatic rings. The zero-order chi connectivity index (χ0) is 28.5. The Bertz CT molecular complexity index is 2430. The third-order valence-electron chi connectivity index (χ3n) is 8.62. The maximum absolute atomic E-state index is 15.8. The van der Waals surface area contributed by atoms with E-state index in [0.717, 1.165) is 71.0 Å². The van der Waals surface area contributed by atoms with Crippen LogP contribution in [0.3, 0.4) is 0 Å². The van der Waals surface area contributed by atoms with E-state index >= 15 is 4.57 Å². The normalized spacial score (nSPS) is 15.6. The molecule has 1 aliphatic heterocycles. The average molecular weight is 570 g/mol. The summed E-state index contributed by atoms with van der Waals surface area (Å²) < 4.78 is 17.9. The molecule has 9 rings (SSSR count). The minimum absolute atomic E-state index is 0.563. The maximum Gasteiger partial charge on any atom is 0.235 e. The van der Waals surface area contributed by atoms with Gasteiger partial charge in [-0.25, -0.2) is 9.97 Å². The molecular formula is C38H24N3OP. The minimum Gasteiger partial charge on any atom is -0.309 e. The van der Waals surface area contributed by atoms with Crippen LogP contribution < -0.4 is 15.9 Å². The zero-order valence-corrected chi connectivity index (χ0v) is 23.9.